The monoisotopic (exact) mass is 351 g/mol. The third-order valence-electron chi connectivity index (χ3n) is 1.77. The quantitative estimate of drug-likeness (QED) is 0.847. The van der Waals surface area contributed by atoms with Crippen LogP contribution in [-0.4, -0.2) is 19.1 Å². The van der Waals surface area contributed by atoms with Gasteiger partial charge in [-0.2, -0.15) is 0 Å². The number of ether oxygens (including phenoxy) is 1. The van der Waals surface area contributed by atoms with Gasteiger partial charge < -0.3 is 4.74 Å². The Morgan fingerprint density at radius 1 is 1.44 bits per heavy atom. The van der Waals surface area contributed by atoms with Gasteiger partial charge in [-0.05, 0) is 41.1 Å². The lowest BCUT2D eigenvalue weighted by Gasteiger charge is -2.14. The molecule has 0 unspecified atom stereocenters. The van der Waals surface area contributed by atoms with Gasteiger partial charge in [0.2, 0.25) is 0 Å². The van der Waals surface area contributed by atoms with Crippen molar-refractivity contribution in [3.8, 4) is 5.75 Å². The van der Waals surface area contributed by atoms with Gasteiger partial charge in [0, 0.05) is 4.47 Å². The molecule has 4 nitrogen and oxygen atoms in total. The van der Waals surface area contributed by atoms with E-state index in [-0.39, 0.29) is 5.91 Å². The second kappa shape index (κ2) is 6.22. The lowest BCUT2D eigenvalue weighted by molar-refractivity contribution is -0.137. The van der Waals surface area contributed by atoms with Gasteiger partial charge in [-0.1, -0.05) is 15.9 Å². The third kappa shape index (κ3) is 3.77. The number of rotatable bonds is 4. The van der Waals surface area contributed by atoms with Crippen LogP contribution in [0.1, 0.15) is 6.92 Å². The van der Waals surface area contributed by atoms with Crippen LogP contribution in [0.15, 0.2) is 27.1 Å². The van der Waals surface area contributed by atoms with Crippen LogP contribution in [0.5, 0.6) is 5.75 Å². The molecule has 0 aliphatic rings. The summed E-state index contributed by atoms with van der Waals surface area (Å²) in [5.74, 6) is 0.263. The van der Waals surface area contributed by atoms with Crippen molar-refractivity contribution in [3.63, 3.8) is 0 Å². The highest BCUT2D eigenvalue weighted by Crippen LogP contribution is 2.28. The van der Waals surface area contributed by atoms with Crippen LogP contribution in [0.4, 0.5) is 0 Å². The molecule has 1 amide bonds. The first kappa shape index (κ1) is 13.5. The van der Waals surface area contributed by atoms with E-state index in [4.69, 9.17) is 4.74 Å². The van der Waals surface area contributed by atoms with Crippen molar-refractivity contribution in [2.24, 2.45) is 0 Å². The molecule has 0 saturated carbocycles. The highest BCUT2D eigenvalue weighted by Gasteiger charge is 2.15. The van der Waals surface area contributed by atoms with Gasteiger partial charge in [0.15, 0.2) is 6.10 Å². The summed E-state index contributed by atoms with van der Waals surface area (Å²) in [6.45, 7) is 1.64. The number of carbonyl (C=O) groups is 1. The molecule has 0 spiro atoms. The maximum absolute atomic E-state index is 11.3. The summed E-state index contributed by atoms with van der Waals surface area (Å²) in [7, 11) is 1.38. The normalized spacial score (nSPS) is 12.0. The van der Waals surface area contributed by atoms with Crippen LogP contribution in [0.25, 0.3) is 0 Å². The van der Waals surface area contributed by atoms with Crippen LogP contribution in [-0.2, 0) is 9.63 Å². The van der Waals surface area contributed by atoms with E-state index in [1.807, 2.05) is 12.1 Å². The molecule has 0 bridgehead atoms. The summed E-state index contributed by atoms with van der Waals surface area (Å²) in [5, 5.41) is 0. The van der Waals surface area contributed by atoms with E-state index < -0.39 is 6.10 Å². The zero-order valence-corrected chi connectivity index (χ0v) is 12.0. The molecular formula is C10H11Br2NO3. The zero-order valence-electron chi connectivity index (χ0n) is 8.79. The predicted octanol–water partition coefficient (Wildman–Crippen LogP) is 2.66. The standard InChI is InChI=1S/C10H11Br2NO3/c1-6(10(14)13-15-2)16-9-4-3-7(11)5-8(9)12/h3-6H,1-2H3,(H,13,14)/t6-/m0/s1. The van der Waals surface area contributed by atoms with Crippen LogP contribution in [0.2, 0.25) is 0 Å². The molecule has 88 valence electrons. The number of benzene rings is 1. The van der Waals surface area contributed by atoms with E-state index in [0.29, 0.717) is 5.75 Å². The molecule has 1 rings (SSSR count). The fourth-order valence-electron chi connectivity index (χ4n) is 0.998. The topological polar surface area (TPSA) is 47.6 Å². The number of halogens is 2. The molecule has 1 aromatic rings. The van der Waals surface area contributed by atoms with E-state index in [0.717, 1.165) is 8.95 Å². The van der Waals surface area contributed by atoms with Crippen molar-refractivity contribution in [1.29, 1.82) is 0 Å². The Balaban J connectivity index is 2.69. The van der Waals surface area contributed by atoms with Gasteiger partial charge in [-0.15, -0.1) is 0 Å². The van der Waals surface area contributed by atoms with Crippen molar-refractivity contribution in [2.75, 3.05) is 7.11 Å². The third-order valence-corrected chi connectivity index (χ3v) is 2.88. The van der Waals surface area contributed by atoms with Gasteiger partial charge in [-0.3, -0.25) is 9.63 Å². The summed E-state index contributed by atoms with van der Waals surface area (Å²) in [4.78, 5) is 15.9. The molecule has 0 heterocycles. The average molecular weight is 353 g/mol. The Hall–Kier alpha value is -0.590. The van der Waals surface area contributed by atoms with E-state index in [9.17, 15) is 4.79 Å². The number of hydroxylamine groups is 1. The summed E-state index contributed by atoms with van der Waals surface area (Å²) >= 11 is 6.68. The highest BCUT2D eigenvalue weighted by atomic mass is 79.9. The number of carbonyl (C=O) groups excluding carboxylic acids is 1. The molecule has 6 heteroatoms. The Kier molecular flexibility index (Phi) is 5.24. The van der Waals surface area contributed by atoms with E-state index >= 15 is 0 Å². The van der Waals surface area contributed by atoms with Crippen molar-refractivity contribution in [2.45, 2.75) is 13.0 Å². The van der Waals surface area contributed by atoms with Gasteiger partial charge in [0.25, 0.3) is 5.91 Å². The lowest BCUT2D eigenvalue weighted by Crippen LogP contribution is -2.35. The maximum Gasteiger partial charge on any atom is 0.284 e. The SMILES string of the molecule is CONC(=O)[C@H](C)Oc1ccc(Br)cc1Br. The van der Waals surface area contributed by atoms with Crippen molar-refractivity contribution in [3.05, 3.63) is 27.1 Å². The Labute approximate surface area is 111 Å². The second-order valence-corrected chi connectivity index (χ2v) is 4.78. The van der Waals surface area contributed by atoms with Crippen molar-refractivity contribution in [1.82, 2.24) is 5.48 Å². The summed E-state index contributed by atoms with van der Waals surface area (Å²) in [6, 6.07) is 5.45. The molecule has 0 fully saturated rings. The van der Waals surface area contributed by atoms with Crippen molar-refractivity contribution < 1.29 is 14.4 Å². The molecule has 0 aromatic heterocycles. The molecule has 0 saturated heterocycles. The first-order chi connectivity index (χ1) is 7.54. The first-order valence-corrected chi connectivity index (χ1v) is 6.07. The number of hydrogen-bond acceptors (Lipinski definition) is 3. The van der Waals surface area contributed by atoms with Crippen LogP contribution in [0, 0.1) is 0 Å². The van der Waals surface area contributed by atoms with E-state index in [1.165, 1.54) is 7.11 Å². The molecule has 1 atom stereocenters. The molecule has 0 aliphatic heterocycles. The van der Waals surface area contributed by atoms with Crippen molar-refractivity contribution >= 4 is 37.8 Å². The maximum atomic E-state index is 11.3. The molecule has 1 aromatic carbocycles. The molecule has 16 heavy (non-hydrogen) atoms. The fourth-order valence-corrected chi connectivity index (χ4v) is 2.14. The number of amides is 1. The average Bonchev–Trinajstić information content (AvgIpc) is 2.22. The minimum absolute atomic E-state index is 0.336. The van der Waals surface area contributed by atoms with Gasteiger partial charge in [-0.25, -0.2) is 5.48 Å². The lowest BCUT2D eigenvalue weighted by atomic mass is 10.3. The van der Waals surface area contributed by atoms with Crippen LogP contribution in [0.3, 0.4) is 0 Å². The summed E-state index contributed by atoms with van der Waals surface area (Å²) in [6.07, 6.45) is -0.627. The van der Waals surface area contributed by atoms with E-state index in [1.54, 1.807) is 13.0 Å². The zero-order chi connectivity index (χ0) is 12.1. The van der Waals surface area contributed by atoms with Crippen LogP contribution < -0.4 is 10.2 Å². The fraction of sp³-hybridized carbons (Fsp3) is 0.300. The highest BCUT2D eigenvalue weighted by molar-refractivity contribution is 9.11. The second-order valence-electron chi connectivity index (χ2n) is 3.01. The smallest absolute Gasteiger partial charge is 0.284 e. The number of hydrogen-bond donors (Lipinski definition) is 1. The largest absolute Gasteiger partial charge is 0.480 e. The van der Waals surface area contributed by atoms with E-state index in [2.05, 4.69) is 42.2 Å². The van der Waals surface area contributed by atoms with Crippen LogP contribution >= 0.6 is 31.9 Å². The Morgan fingerprint density at radius 2 is 2.12 bits per heavy atom. The predicted molar refractivity (Wildman–Crippen MR) is 67.1 cm³/mol. The van der Waals surface area contributed by atoms with Gasteiger partial charge in [0.1, 0.15) is 5.75 Å². The Bertz CT molecular complexity index is 384. The minimum atomic E-state index is -0.627. The molecule has 0 aliphatic carbocycles. The van der Waals surface area contributed by atoms with Gasteiger partial charge >= 0.3 is 0 Å². The Morgan fingerprint density at radius 3 is 2.69 bits per heavy atom. The summed E-state index contributed by atoms with van der Waals surface area (Å²) < 4.78 is 7.16. The first-order valence-electron chi connectivity index (χ1n) is 4.49. The minimum Gasteiger partial charge on any atom is -0.480 e. The summed E-state index contributed by atoms with van der Waals surface area (Å²) in [5.41, 5.74) is 2.21. The molecule has 1 N–H and O–H groups in total. The van der Waals surface area contributed by atoms with Gasteiger partial charge in [0.05, 0.1) is 11.6 Å². The molecule has 0 radical (unpaired) electrons. The number of nitrogens with one attached hydrogen (secondary N) is 1. The molecular weight excluding hydrogens is 342 g/mol.